The molecule has 0 amide bonds. The van der Waals surface area contributed by atoms with Gasteiger partial charge < -0.3 is 33.5 Å². The van der Waals surface area contributed by atoms with Crippen molar-refractivity contribution in [2.24, 2.45) is 0 Å². The summed E-state index contributed by atoms with van der Waals surface area (Å²) in [5, 5.41) is 9.43. The number of carbonyl (C=O) groups excluding carboxylic acids is 4. The molecule has 0 saturated carbocycles. The van der Waals surface area contributed by atoms with Gasteiger partial charge in [0.25, 0.3) is 0 Å². The molecule has 1 heterocycles. The van der Waals surface area contributed by atoms with Crippen molar-refractivity contribution in [3.8, 4) is 5.75 Å². The van der Waals surface area contributed by atoms with Gasteiger partial charge in [0.05, 0.1) is 0 Å². The fourth-order valence-electron chi connectivity index (χ4n) is 2.94. The van der Waals surface area contributed by atoms with Crippen molar-refractivity contribution in [2.45, 2.75) is 57.5 Å². The Balaban J connectivity index is 2.35. The van der Waals surface area contributed by atoms with E-state index in [1.54, 1.807) is 12.1 Å². The van der Waals surface area contributed by atoms with Crippen LogP contribution in [0.2, 0.25) is 0 Å². The van der Waals surface area contributed by atoms with Gasteiger partial charge in [-0.1, -0.05) is 0 Å². The van der Waals surface area contributed by atoms with Crippen LogP contribution >= 0.6 is 11.9 Å². The molecule has 0 unspecified atom stereocenters. The first-order valence-electron chi connectivity index (χ1n) is 9.58. The van der Waals surface area contributed by atoms with E-state index >= 15 is 0 Å². The van der Waals surface area contributed by atoms with Gasteiger partial charge in [-0.3, -0.25) is 19.2 Å². The Hall–Kier alpha value is -2.99. The number of benzene rings is 1. The molecular formula is C20H25NO10S. The highest BCUT2D eigenvalue weighted by molar-refractivity contribution is 8.01. The minimum Gasteiger partial charge on any atom is -0.508 e. The van der Waals surface area contributed by atoms with E-state index in [1.807, 2.05) is 0 Å². The van der Waals surface area contributed by atoms with Crippen LogP contribution in [0.4, 0.5) is 5.69 Å². The quantitative estimate of drug-likeness (QED) is 0.245. The molecule has 1 saturated heterocycles. The van der Waals surface area contributed by atoms with Gasteiger partial charge in [0.15, 0.2) is 23.7 Å². The number of hydrogen-bond donors (Lipinski definition) is 2. The fraction of sp³-hybridized carbons (Fsp3) is 0.500. The second-order valence-electron chi connectivity index (χ2n) is 6.83. The topological polar surface area (TPSA) is 147 Å². The number of esters is 4. The molecule has 1 aromatic carbocycles. The third-order valence-corrected chi connectivity index (χ3v) is 5.07. The summed E-state index contributed by atoms with van der Waals surface area (Å²) in [6, 6.07) is 6.15. The Morgan fingerprint density at radius 2 is 1.41 bits per heavy atom. The van der Waals surface area contributed by atoms with Crippen LogP contribution in [0.3, 0.4) is 0 Å². The minimum absolute atomic E-state index is 0.0767. The number of aromatic hydroxyl groups is 1. The standard InChI is InChI=1S/C20H25NO10S/c1-10(22)27-9-16-17(28-11(2)23)18(29-12(3)24)19(30-13(4)25)20(31-16)32-21-14-5-7-15(26)8-6-14/h5-8,16-21,26H,9H2,1-4H3/t16-,17-,18+,19-,20+/m1/s1. The smallest absolute Gasteiger partial charge is 0.303 e. The lowest BCUT2D eigenvalue weighted by molar-refractivity contribution is -0.237. The second-order valence-corrected chi connectivity index (χ2v) is 7.74. The predicted octanol–water partition coefficient (Wildman–Crippen LogP) is 1.54. The molecule has 1 aliphatic rings. The molecule has 5 atom stereocenters. The number of rotatable bonds is 8. The van der Waals surface area contributed by atoms with Gasteiger partial charge in [0.1, 0.15) is 18.5 Å². The summed E-state index contributed by atoms with van der Waals surface area (Å²) in [6.07, 6.45) is -4.61. The van der Waals surface area contributed by atoms with Crippen molar-refractivity contribution >= 4 is 41.5 Å². The second kappa shape index (κ2) is 11.6. The average molecular weight is 471 g/mol. The minimum atomic E-state index is -1.23. The van der Waals surface area contributed by atoms with Crippen molar-refractivity contribution in [3.63, 3.8) is 0 Å². The molecule has 0 aliphatic carbocycles. The SMILES string of the molecule is CC(=O)OC[C@H]1O[C@@H](SNc2ccc(O)cc2)[C@H](OC(C)=O)[C@@H](OC(C)=O)[C@@H]1OC(C)=O. The van der Waals surface area contributed by atoms with Crippen LogP contribution in [0.25, 0.3) is 0 Å². The molecule has 0 bridgehead atoms. The molecule has 2 rings (SSSR count). The van der Waals surface area contributed by atoms with Crippen molar-refractivity contribution in [1.29, 1.82) is 0 Å². The van der Waals surface area contributed by atoms with Gasteiger partial charge in [-0.15, -0.1) is 0 Å². The Kier molecular flexibility index (Phi) is 9.14. The molecular weight excluding hydrogens is 446 g/mol. The van der Waals surface area contributed by atoms with E-state index in [-0.39, 0.29) is 12.4 Å². The first-order valence-corrected chi connectivity index (χ1v) is 10.5. The summed E-state index contributed by atoms with van der Waals surface area (Å²) in [7, 11) is 0. The third-order valence-electron chi connectivity index (χ3n) is 4.11. The predicted molar refractivity (Wildman–Crippen MR) is 111 cm³/mol. The van der Waals surface area contributed by atoms with Gasteiger partial charge in [-0.05, 0) is 36.2 Å². The number of ether oxygens (including phenoxy) is 5. The normalized spacial score (nSPS) is 24.7. The lowest BCUT2D eigenvalue weighted by atomic mass is 9.99. The molecule has 1 fully saturated rings. The highest BCUT2D eigenvalue weighted by Gasteiger charge is 2.52. The molecule has 1 aliphatic heterocycles. The van der Waals surface area contributed by atoms with Gasteiger partial charge in [0.2, 0.25) is 0 Å². The molecule has 32 heavy (non-hydrogen) atoms. The number of phenolic OH excluding ortho intramolecular Hbond substituents is 1. The monoisotopic (exact) mass is 471 g/mol. The van der Waals surface area contributed by atoms with Crippen LogP contribution in [0.15, 0.2) is 24.3 Å². The van der Waals surface area contributed by atoms with Crippen LogP contribution in [0, 0.1) is 0 Å². The van der Waals surface area contributed by atoms with E-state index in [4.69, 9.17) is 23.7 Å². The number of hydrogen-bond acceptors (Lipinski definition) is 12. The lowest BCUT2D eigenvalue weighted by Crippen LogP contribution is -2.61. The van der Waals surface area contributed by atoms with Gasteiger partial charge in [0, 0.05) is 33.4 Å². The maximum Gasteiger partial charge on any atom is 0.303 e. The molecule has 12 heteroatoms. The van der Waals surface area contributed by atoms with Crippen LogP contribution in [0.1, 0.15) is 27.7 Å². The van der Waals surface area contributed by atoms with Crippen molar-refractivity contribution in [2.75, 3.05) is 11.3 Å². The largest absolute Gasteiger partial charge is 0.508 e. The summed E-state index contributed by atoms with van der Waals surface area (Å²) in [5.41, 5.74) is -0.356. The van der Waals surface area contributed by atoms with Crippen LogP contribution in [-0.2, 0) is 42.9 Å². The van der Waals surface area contributed by atoms with E-state index in [0.29, 0.717) is 5.69 Å². The number of carbonyl (C=O) groups is 4. The zero-order valence-electron chi connectivity index (χ0n) is 17.9. The number of nitrogens with one attached hydrogen (secondary N) is 1. The molecule has 176 valence electrons. The summed E-state index contributed by atoms with van der Waals surface area (Å²) < 4.78 is 30.0. The lowest BCUT2D eigenvalue weighted by Gasteiger charge is -2.44. The Morgan fingerprint density at radius 3 is 1.94 bits per heavy atom. The third kappa shape index (κ3) is 7.61. The number of anilines is 1. The summed E-state index contributed by atoms with van der Waals surface area (Å²) in [4.78, 5) is 46.6. The maximum absolute atomic E-state index is 11.8. The average Bonchev–Trinajstić information content (AvgIpc) is 2.69. The van der Waals surface area contributed by atoms with Crippen molar-refractivity contribution < 1.29 is 48.0 Å². The van der Waals surface area contributed by atoms with Crippen LogP contribution in [0.5, 0.6) is 5.75 Å². The van der Waals surface area contributed by atoms with Gasteiger partial charge >= 0.3 is 23.9 Å². The van der Waals surface area contributed by atoms with E-state index in [1.165, 1.54) is 26.0 Å². The molecule has 0 aromatic heterocycles. The Bertz CT molecular complexity index is 830. The maximum atomic E-state index is 11.8. The summed E-state index contributed by atoms with van der Waals surface area (Å²) in [6.45, 7) is 4.39. The summed E-state index contributed by atoms with van der Waals surface area (Å²) in [5.74, 6) is -2.59. The Morgan fingerprint density at radius 1 is 0.875 bits per heavy atom. The fourth-order valence-corrected chi connectivity index (χ4v) is 3.87. The van der Waals surface area contributed by atoms with E-state index in [0.717, 1.165) is 25.8 Å². The van der Waals surface area contributed by atoms with E-state index in [2.05, 4.69) is 4.72 Å². The highest BCUT2D eigenvalue weighted by atomic mass is 32.2. The molecule has 0 radical (unpaired) electrons. The van der Waals surface area contributed by atoms with Crippen molar-refractivity contribution in [1.82, 2.24) is 0 Å². The van der Waals surface area contributed by atoms with Crippen molar-refractivity contribution in [3.05, 3.63) is 24.3 Å². The van der Waals surface area contributed by atoms with E-state index < -0.39 is 53.7 Å². The highest BCUT2D eigenvalue weighted by Crippen LogP contribution is 2.35. The molecule has 0 spiro atoms. The van der Waals surface area contributed by atoms with Crippen LogP contribution < -0.4 is 4.72 Å². The number of phenols is 1. The van der Waals surface area contributed by atoms with Gasteiger partial charge in [-0.25, -0.2) is 0 Å². The molecule has 1 aromatic rings. The first kappa shape index (κ1) is 25.3. The first-order chi connectivity index (χ1) is 15.1. The zero-order chi connectivity index (χ0) is 23.8. The molecule has 2 N–H and O–H groups in total. The summed E-state index contributed by atoms with van der Waals surface area (Å²) >= 11 is 0.993. The van der Waals surface area contributed by atoms with E-state index in [9.17, 15) is 24.3 Å². The van der Waals surface area contributed by atoms with Gasteiger partial charge in [-0.2, -0.15) is 0 Å². The zero-order valence-corrected chi connectivity index (χ0v) is 18.7. The molecule has 11 nitrogen and oxygen atoms in total. The van der Waals surface area contributed by atoms with Crippen LogP contribution in [-0.4, -0.2) is 65.4 Å². The Labute approximate surface area is 188 Å².